The van der Waals surface area contributed by atoms with Crippen molar-refractivity contribution in [1.82, 2.24) is 0 Å². The molecular formula is C13H25NO. The summed E-state index contributed by atoms with van der Waals surface area (Å²) < 4.78 is 6.25. The summed E-state index contributed by atoms with van der Waals surface area (Å²) in [5, 5.41) is 0. The average Bonchev–Trinajstić information content (AvgIpc) is 2.65. The van der Waals surface area contributed by atoms with Gasteiger partial charge in [-0.25, -0.2) is 0 Å². The van der Waals surface area contributed by atoms with Gasteiger partial charge in [-0.15, -0.1) is 0 Å². The molecule has 2 fully saturated rings. The second kappa shape index (κ2) is 5.31. The fourth-order valence-corrected chi connectivity index (χ4v) is 3.16. The van der Waals surface area contributed by atoms with Crippen molar-refractivity contribution in [3.05, 3.63) is 0 Å². The molecule has 4 atom stereocenters. The SMILES string of the molecule is CCC1CCCCC1OC1CCC(N)C1. The van der Waals surface area contributed by atoms with E-state index in [4.69, 9.17) is 10.5 Å². The van der Waals surface area contributed by atoms with Gasteiger partial charge in [-0.2, -0.15) is 0 Å². The van der Waals surface area contributed by atoms with Crippen LogP contribution in [0.2, 0.25) is 0 Å². The van der Waals surface area contributed by atoms with Crippen LogP contribution in [0.5, 0.6) is 0 Å². The minimum Gasteiger partial charge on any atom is -0.375 e. The molecule has 2 aliphatic rings. The van der Waals surface area contributed by atoms with Crippen molar-refractivity contribution in [3.63, 3.8) is 0 Å². The number of hydrogen-bond donors (Lipinski definition) is 1. The van der Waals surface area contributed by atoms with Crippen LogP contribution in [-0.2, 0) is 4.74 Å². The van der Waals surface area contributed by atoms with Crippen LogP contribution in [0, 0.1) is 5.92 Å². The molecule has 4 unspecified atom stereocenters. The van der Waals surface area contributed by atoms with Crippen LogP contribution in [-0.4, -0.2) is 18.2 Å². The Hall–Kier alpha value is -0.0800. The van der Waals surface area contributed by atoms with E-state index in [9.17, 15) is 0 Å². The molecule has 0 aromatic heterocycles. The molecule has 2 rings (SSSR count). The predicted octanol–water partition coefficient (Wildman–Crippen LogP) is 2.85. The van der Waals surface area contributed by atoms with Crippen LogP contribution in [0.4, 0.5) is 0 Å². The second-order valence-electron chi connectivity index (χ2n) is 5.32. The Morgan fingerprint density at radius 1 is 1.13 bits per heavy atom. The molecule has 2 aliphatic carbocycles. The molecule has 15 heavy (non-hydrogen) atoms. The first-order valence-electron chi connectivity index (χ1n) is 6.70. The predicted molar refractivity (Wildman–Crippen MR) is 62.7 cm³/mol. The van der Waals surface area contributed by atoms with Crippen molar-refractivity contribution < 1.29 is 4.74 Å². The zero-order valence-corrected chi connectivity index (χ0v) is 9.95. The first-order chi connectivity index (χ1) is 7.29. The van der Waals surface area contributed by atoms with Crippen LogP contribution < -0.4 is 5.73 Å². The van der Waals surface area contributed by atoms with Crippen LogP contribution >= 0.6 is 0 Å². The highest BCUT2D eigenvalue weighted by Gasteiger charge is 2.30. The molecule has 0 saturated heterocycles. The third-order valence-electron chi connectivity index (χ3n) is 4.16. The molecule has 2 nitrogen and oxygen atoms in total. The van der Waals surface area contributed by atoms with Gasteiger partial charge in [0.05, 0.1) is 12.2 Å². The molecule has 2 saturated carbocycles. The molecule has 0 spiro atoms. The van der Waals surface area contributed by atoms with Gasteiger partial charge in [0.25, 0.3) is 0 Å². The van der Waals surface area contributed by atoms with Gasteiger partial charge in [0.1, 0.15) is 0 Å². The maximum absolute atomic E-state index is 6.25. The van der Waals surface area contributed by atoms with Gasteiger partial charge >= 0.3 is 0 Å². The molecule has 2 N–H and O–H groups in total. The fourth-order valence-electron chi connectivity index (χ4n) is 3.16. The Balaban J connectivity index is 1.81. The molecule has 2 heteroatoms. The lowest BCUT2D eigenvalue weighted by Gasteiger charge is -2.33. The van der Waals surface area contributed by atoms with E-state index in [0.29, 0.717) is 18.2 Å². The van der Waals surface area contributed by atoms with Crippen LogP contribution in [0.15, 0.2) is 0 Å². The van der Waals surface area contributed by atoms with Crippen LogP contribution in [0.3, 0.4) is 0 Å². The smallest absolute Gasteiger partial charge is 0.0606 e. The minimum absolute atomic E-state index is 0.402. The van der Waals surface area contributed by atoms with E-state index in [1.807, 2.05) is 0 Å². The van der Waals surface area contributed by atoms with Gasteiger partial charge in [0.2, 0.25) is 0 Å². The highest BCUT2D eigenvalue weighted by atomic mass is 16.5. The van der Waals surface area contributed by atoms with Crippen LogP contribution in [0.25, 0.3) is 0 Å². The first-order valence-corrected chi connectivity index (χ1v) is 6.70. The van der Waals surface area contributed by atoms with Crippen molar-refractivity contribution in [2.45, 2.75) is 76.5 Å². The minimum atomic E-state index is 0.402. The standard InChI is InChI=1S/C13H25NO/c1-2-10-5-3-4-6-13(10)15-12-8-7-11(14)9-12/h10-13H,2-9,14H2,1H3. The van der Waals surface area contributed by atoms with E-state index in [1.165, 1.54) is 38.5 Å². The van der Waals surface area contributed by atoms with Crippen molar-refractivity contribution in [1.29, 1.82) is 0 Å². The number of rotatable bonds is 3. The summed E-state index contributed by atoms with van der Waals surface area (Å²) in [7, 11) is 0. The normalized spacial score (nSPS) is 42.0. The second-order valence-corrected chi connectivity index (χ2v) is 5.32. The lowest BCUT2D eigenvalue weighted by molar-refractivity contribution is -0.0578. The lowest BCUT2D eigenvalue weighted by atomic mass is 9.84. The number of hydrogen-bond acceptors (Lipinski definition) is 2. The van der Waals surface area contributed by atoms with E-state index >= 15 is 0 Å². The highest BCUT2D eigenvalue weighted by Crippen LogP contribution is 2.32. The molecule has 0 aliphatic heterocycles. The van der Waals surface area contributed by atoms with E-state index in [0.717, 1.165) is 18.8 Å². The summed E-state index contributed by atoms with van der Waals surface area (Å²) in [4.78, 5) is 0. The maximum atomic E-state index is 6.25. The summed E-state index contributed by atoms with van der Waals surface area (Å²) in [6.45, 7) is 2.30. The Bertz CT molecular complexity index is 195. The largest absolute Gasteiger partial charge is 0.375 e. The van der Waals surface area contributed by atoms with Gasteiger partial charge in [-0.1, -0.05) is 26.2 Å². The monoisotopic (exact) mass is 211 g/mol. The van der Waals surface area contributed by atoms with Crippen molar-refractivity contribution in [2.75, 3.05) is 0 Å². The molecule has 0 amide bonds. The molecule has 0 aromatic carbocycles. The van der Waals surface area contributed by atoms with E-state index in [2.05, 4.69) is 6.92 Å². The summed E-state index contributed by atoms with van der Waals surface area (Å²) in [6.07, 6.45) is 11.2. The summed E-state index contributed by atoms with van der Waals surface area (Å²) in [5.74, 6) is 0.815. The van der Waals surface area contributed by atoms with E-state index in [1.54, 1.807) is 0 Å². The summed E-state index contributed by atoms with van der Waals surface area (Å²) >= 11 is 0. The van der Waals surface area contributed by atoms with Crippen molar-refractivity contribution in [2.24, 2.45) is 11.7 Å². The third kappa shape index (κ3) is 2.94. The molecule has 0 radical (unpaired) electrons. The van der Waals surface area contributed by atoms with Crippen molar-refractivity contribution >= 4 is 0 Å². The topological polar surface area (TPSA) is 35.2 Å². The molecule has 0 heterocycles. The van der Waals surface area contributed by atoms with Crippen molar-refractivity contribution in [3.8, 4) is 0 Å². The first kappa shape index (κ1) is 11.4. The van der Waals surface area contributed by atoms with Gasteiger partial charge in [-0.3, -0.25) is 0 Å². The quantitative estimate of drug-likeness (QED) is 0.779. The summed E-state index contributed by atoms with van der Waals surface area (Å²) in [5.41, 5.74) is 5.92. The molecule has 0 bridgehead atoms. The molecule has 0 aromatic rings. The Morgan fingerprint density at radius 2 is 1.93 bits per heavy atom. The zero-order chi connectivity index (χ0) is 10.7. The van der Waals surface area contributed by atoms with Gasteiger partial charge in [0.15, 0.2) is 0 Å². The fraction of sp³-hybridized carbons (Fsp3) is 1.00. The maximum Gasteiger partial charge on any atom is 0.0606 e. The lowest BCUT2D eigenvalue weighted by Crippen LogP contribution is -2.31. The van der Waals surface area contributed by atoms with E-state index in [-0.39, 0.29) is 0 Å². The molecular weight excluding hydrogens is 186 g/mol. The average molecular weight is 211 g/mol. The Morgan fingerprint density at radius 3 is 2.60 bits per heavy atom. The van der Waals surface area contributed by atoms with Gasteiger partial charge in [-0.05, 0) is 38.0 Å². The number of ether oxygens (including phenoxy) is 1. The van der Waals surface area contributed by atoms with Gasteiger partial charge in [0, 0.05) is 6.04 Å². The highest BCUT2D eigenvalue weighted by molar-refractivity contribution is 4.82. The van der Waals surface area contributed by atoms with E-state index < -0.39 is 0 Å². The summed E-state index contributed by atoms with van der Waals surface area (Å²) in [6, 6.07) is 0.402. The number of nitrogens with two attached hydrogens (primary N) is 1. The Kier molecular flexibility index (Phi) is 4.04. The van der Waals surface area contributed by atoms with Gasteiger partial charge < -0.3 is 10.5 Å². The molecule has 88 valence electrons. The zero-order valence-electron chi connectivity index (χ0n) is 9.95. The Labute approximate surface area is 93.6 Å². The third-order valence-corrected chi connectivity index (χ3v) is 4.16. The van der Waals surface area contributed by atoms with Crippen LogP contribution in [0.1, 0.15) is 58.3 Å².